The number of ether oxygens (including phenoxy) is 3. The highest BCUT2D eigenvalue weighted by Gasteiger charge is 2.45. The van der Waals surface area contributed by atoms with Crippen LogP contribution in [0.2, 0.25) is 0 Å². The maximum absolute atomic E-state index is 13.9. The zero-order chi connectivity index (χ0) is 28.4. The zero-order valence-electron chi connectivity index (χ0n) is 24.4. The number of carbonyl (C=O) groups is 1. The summed E-state index contributed by atoms with van der Waals surface area (Å²) in [6.45, 7) is 13.2. The van der Waals surface area contributed by atoms with E-state index in [1.807, 2.05) is 18.7 Å². The number of aryl methyl sites for hydroxylation is 2. The van der Waals surface area contributed by atoms with Crippen molar-refractivity contribution in [3.05, 3.63) is 23.3 Å². The van der Waals surface area contributed by atoms with Crippen LogP contribution >= 0.6 is 0 Å². The molecule has 1 amide bonds. The molecule has 11 heteroatoms. The van der Waals surface area contributed by atoms with Crippen molar-refractivity contribution in [3.63, 3.8) is 0 Å². The monoisotopic (exact) mass is 566 g/mol. The summed E-state index contributed by atoms with van der Waals surface area (Å²) in [6.07, 6.45) is 2.36. The first-order valence-corrected chi connectivity index (χ1v) is 15.5. The highest BCUT2D eigenvalue weighted by atomic mass is 32.2. The van der Waals surface area contributed by atoms with Gasteiger partial charge in [0.25, 0.3) is 0 Å². The van der Waals surface area contributed by atoms with E-state index in [4.69, 9.17) is 14.2 Å². The summed E-state index contributed by atoms with van der Waals surface area (Å²) < 4.78 is 46.6. The average molecular weight is 567 g/mol. The molecule has 3 heterocycles. The molecule has 3 aliphatic rings. The number of methoxy groups -OCH3 is 1. The molecule has 10 nitrogen and oxygen atoms in total. The third-order valence-corrected chi connectivity index (χ3v) is 10.8. The molecular formula is C28H46N4O6S. The predicted molar refractivity (Wildman–Crippen MR) is 150 cm³/mol. The molecule has 1 atom stereocenters. The Bertz CT molecular complexity index is 1090. The summed E-state index contributed by atoms with van der Waals surface area (Å²) in [4.78, 5) is 20.0. The van der Waals surface area contributed by atoms with Crippen LogP contribution < -0.4 is 4.74 Å². The second kappa shape index (κ2) is 12.4. The summed E-state index contributed by atoms with van der Waals surface area (Å²) >= 11 is 0. The van der Waals surface area contributed by atoms with Gasteiger partial charge in [0.1, 0.15) is 12.4 Å². The molecule has 3 fully saturated rings. The first kappa shape index (κ1) is 30.2. The Morgan fingerprint density at radius 2 is 1.64 bits per heavy atom. The molecule has 0 bridgehead atoms. The lowest BCUT2D eigenvalue weighted by Gasteiger charge is -2.45. The van der Waals surface area contributed by atoms with Crippen LogP contribution in [-0.2, 0) is 24.3 Å². The summed E-state index contributed by atoms with van der Waals surface area (Å²) in [6, 6.07) is 3.50. The second-order valence-corrected chi connectivity index (χ2v) is 13.5. The lowest BCUT2D eigenvalue weighted by Crippen LogP contribution is -2.60. The molecule has 0 saturated carbocycles. The SMILES string of the molecule is COc1cc(C)c(S(=O)(=O)N2CCOC(C)(C)C2COCC(=O)N2CCN(C3CCN(C)CC3)CC2)c(C)c1. The fourth-order valence-electron chi connectivity index (χ4n) is 6.17. The van der Waals surface area contributed by atoms with Gasteiger partial charge in [-0.3, -0.25) is 9.69 Å². The number of rotatable bonds is 8. The number of hydrogen-bond acceptors (Lipinski definition) is 8. The number of hydrogen-bond donors (Lipinski definition) is 0. The van der Waals surface area contributed by atoms with Crippen LogP contribution in [0, 0.1) is 13.8 Å². The summed E-state index contributed by atoms with van der Waals surface area (Å²) in [7, 11) is -0.110. The standard InChI is InChI=1S/C28H46N4O6S/c1-21-17-24(36-6)18-22(2)27(21)39(34,35)32-15-16-38-28(3,4)25(32)19-37-20-26(33)31-13-11-30(12-14-31)23-7-9-29(5)10-8-23/h17-18,23,25H,7-16,19-20H2,1-6H3. The lowest BCUT2D eigenvalue weighted by atomic mass is 9.98. The van der Waals surface area contributed by atoms with E-state index in [9.17, 15) is 13.2 Å². The molecule has 0 radical (unpaired) electrons. The van der Waals surface area contributed by atoms with Crippen molar-refractivity contribution in [1.29, 1.82) is 0 Å². The molecule has 39 heavy (non-hydrogen) atoms. The highest BCUT2D eigenvalue weighted by Crippen LogP contribution is 2.34. The van der Waals surface area contributed by atoms with E-state index in [0.717, 1.165) is 26.2 Å². The van der Waals surface area contributed by atoms with Gasteiger partial charge < -0.3 is 24.0 Å². The van der Waals surface area contributed by atoms with Crippen LogP contribution in [0.15, 0.2) is 17.0 Å². The highest BCUT2D eigenvalue weighted by molar-refractivity contribution is 7.89. The molecule has 3 aliphatic heterocycles. The molecule has 1 aromatic rings. The van der Waals surface area contributed by atoms with Gasteiger partial charge in [-0.2, -0.15) is 4.31 Å². The first-order chi connectivity index (χ1) is 18.4. The van der Waals surface area contributed by atoms with E-state index in [2.05, 4.69) is 16.8 Å². The molecule has 4 rings (SSSR count). The normalized spacial score (nSPS) is 24.2. The van der Waals surface area contributed by atoms with E-state index < -0.39 is 21.7 Å². The van der Waals surface area contributed by atoms with Crippen LogP contribution in [0.3, 0.4) is 0 Å². The van der Waals surface area contributed by atoms with E-state index in [-0.39, 0.29) is 37.2 Å². The molecule has 1 aromatic carbocycles. The Balaban J connectivity index is 1.37. The molecule has 0 spiro atoms. The quantitative estimate of drug-likeness (QED) is 0.470. The Kier molecular flexibility index (Phi) is 9.60. The minimum Gasteiger partial charge on any atom is -0.497 e. The molecule has 3 saturated heterocycles. The van der Waals surface area contributed by atoms with Gasteiger partial charge in [-0.15, -0.1) is 0 Å². The summed E-state index contributed by atoms with van der Waals surface area (Å²) in [5, 5.41) is 0. The second-order valence-electron chi connectivity index (χ2n) is 11.6. The van der Waals surface area contributed by atoms with Crippen molar-refractivity contribution in [3.8, 4) is 5.75 Å². The average Bonchev–Trinajstić information content (AvgIpc) is 2.89. The number of amides is 1. The van der Waals surface area contributed by atoms with Gasteiger partial charge in [0, 0.05) is 38.8 Å². The molecule has 0 N–H and O–H groups in total. The van der Waals surface area contributed by atoms with Gasteiger partial charge in [0.2, 0.25) is 15.9 Å². The van der Waals surface area contributed by atoms with Crippen molar-refractivity contribution >= 4 is 15.9 Å². The van der Waals surface area contributed by atoms with Crippen molar-refractivity contribution in [2.24, 2.45) is 0 Å². The molecular weight excluding hydrogens is 520 g/mol. The van der Waals surface area contributed by atoms with E-state index >= 15 is 0 Å². The van der Waals surface area contributed by atoms with Gasteiger partial charge in [0.05, 0.1) is 36.9 Å². The number of morpholine rings is 1. The van der Waals surface area contributed by atoms with E-state index in [1.165, 1.54) is 17.1 Å². The largest absolute Gasteiger partial charge is 0.497 e. The molecule has 0 aromatic heterocycles. The van der Waals surface area contributed by atoms with Gasteiger partial charge in [0.15, 0.2) is 0 Å². The van der Waals surface area contributed by atoms with Gasteiger partial charge in [-0.05, 0) is 83.9 Å². The minimum atomic E-state index is -3.85. The Hall–Kier alpha value is -1.76. The maximum Gasteiger partial charge on any atom is 0.248 e. The number of sulfonamides is 1. The Morgan fingerprint density at radius 1 is 1.03 bits per heavy atom. The Labute approximate surface area is 234 Å². The van der Waals surface area contributed by atoms with E-state index in [1.54, 1.807) is 33.1 Å². The van der Waals surface area contributed by atoms with Gasteiger partial charge in [-0.1, -0.05) is 0 Å². The molecule has 220 valence electrons. The van der Waals surface area contributed by atoms with Crippen LogP contribution in [0.1, 0.15) is 37.8 Å². The number of benzene rings is 1. The lowest BCUT2D eigenvalue weighted by molar-refractivity contribution is -0.144. The fraction of sp³-hybridized carbons (Fsp3) is 0.750. The van der Waals surface area contributed by atoms with Gasteiger partial charge >= 0.3 is 0 Å². The smallest absolute Gasteiger partial charge is 0.248 e. The van der Waals surface area contributed by atoms with Gasteiger partial charge in [-0.25, -0.2) is 8.42 Å². The number of nitrogens with zero attached hydrogens (tertiary/aromatic N) is 4. The zero-order valence-corrected chi connectivity index (χ0v) is 25.3. The summed E-state index contributed by atoms with van der Waals surface area (Å²) in [5.41, 5.74) is 0.485. The first-order valence-electron chi connectivity index (χ1n) is 14.0. The molecule has 1 unspecified atom stereocenters. The Morgan fingerprint density at radius 3 is 2.23 bits per heavy atom. The maximum atomic E-state index is 13.9. The minimum absolute atomic E-state index is 0.0520. The number of carbonyl (C=O) groups excluding carboxylic acids is 1. The molecule has 0 aliphatic carbocycles. The van der Waals surface area contributed by atoms with Crippen molar-refractivity contribution < 1.29 is 27.4 Å². The predicted octanol–water partition coefficient (Wildman–Crippen LogP) is 1.74. The third-order valence-electron chi connectivity index (χ3n) is 8.54. The number of piperidine rings is 1. The van der Waals surface area contributed by atoms with Crippen LogP contribution in [0.25, 0.3) is 0 Å². The van der Waals surface area contributed by atoms with E-state index in [0.29, 0.717) is 36.0 Å². The van der Waals surface area contributed by atoms with Crippen LogP contribution in [0.5, 0.6) is 5.75 Å². The van der Waals surface area contributed by atoms with Crippen molar-refractivity contribution in [1.82, 2.24) is 19.0 Å². The summed E-state index contributed by atoms with van der Waals surface area (Å²) in [5.74, 6) is 0.570. The van der Waals surface area contributed by atoms with Crippen molar-refractivity contribution in [2.75, 3.05) is 79.8 Å². The van der Waals surface area contributed by atoms with Crippen LogP contribution in [-0.4, -0.2) is 131 Å². The third kappa shape index (κ3) is 6.77. The topological polar surface area (TPSA) is 91.9 Å². The number of likely N-dealkylation sites (tertiary alicyclic amines) is 1. The van der Waals surface area contributed by atoms with Crippen LogP contribution in [0.4, 0.5) is 0 Å². The van der Waals surface area contributed by atoms with Crippen molar-refractivity contribution in [2.45, 2.75) is 63.1 Å². The fourth-order valence-corrected chi connectivity index (χ4v) is 8.30. The number of piperazine rings is 1.